The normalized spacial score (nSPS) is 12.2. The summed E-state index contributed by atoms with van der Waals surface area (Å²) in [6.07, 6.45) is 6.40. The quantitative estimate of drug-likeness (QED) is 0.172. The average Bonchev–Trinajstić information content (AvgIpc) is 3.58. The van der Waals surface area contributed by atoms with Crippen molar-refractivity contribution >= 4 is 34.1 Å². The molecule has 50 heavy (non-hydrogen) atoms. The van der Waals surface area contributed by atoms with Crippen LogP contribution in [0.15, 0.2) is 186 Å². The highest BCUT2D eigenvalue weighted by atomic mass is 16.3. The number of furan rings is 1. The smallest absolute Gasteiger partial charge is 0.144 e. The Balaban J connectivity index is 1.18. The highest BCUT2D eigenvalue weighted by Crippen LogP contribution is 2.47. The van der Waals surface area contributed by atoms with Crippen molar-refractivity contribution < 1.29 is 4.42 Å². The number of benzene rings is 7. The van der Waals surface area contributed by atoms with Gasteiger partial charge in [-0.15, -0.1) is 0 Å². The number of fused-ring (bicyclic) bond motifs is 3. The maximum atomic E-state index is 6.76. The molecule has 0 unspecified atom stereocenters. The summed E-state index contributed by atoms with van der Waals surface area (Å²) < 4.78 is 6.76. The molecule has 0 spiro atoms. The van der Waals surface area contributed by atoms with Gasteiger partial charge in [0, 0.05) is 34.3 Å². The number of hydrogen-bond acceptors (Lipinski definition) is 2. The van der Waals surface area contributed by atoms with E-state index < -0.39 is 0 Å². The molecule has 238 valence electrons. The van der Waals surface area contributed by atoms with Crippen LogP contribution in [-0.2, 0) is 6.42 Å². The van der Waals surface area contributed by atoms with Crippen molar-refractivity contribution in [3.05, 3.63) is 193 Å². The Hall–Kier alpha value is -6.38. The second kappa shape index (κ2) is 12.9. The summed E-state index contributed by atoms with van der Waals surface area (Å²) in [5.41, 5.74) is 14.8. The molecule has 0 amide bonds. The molecule has 0 fully saturated rings. The molecule has 8 aromatic rings. The van der Waals surface area contributed by atoms with Crippen LogP contribution in [0.3, 0.4) is 0 Å². The predicted octanol–water partition coefficient (Wildman–Crippen LogP) is 13.5. The average molecular weight is 642 g/mol. The molecule has 7 aromatic carbocycles. The van der Waals surface area contributed by atoms with Crippen LogP contribution in [0, 0.1) is 0 Å². The van der Waals surface area contributed by atoms with E-state index in [0.717, 1.165) is 57.8 Å². The zero-order valence-electron chi connectivity index (χ0n) is 27.7. The van der Waals surface area contributed by atoms with Gasteiger partial charge in [0.15, 0.2) is 0 Å². The van der Waals surface area contributed by atoms with Gasteiger partial charge in [0.2, 0.25) is 0 Å². The van der Waals surface area contributed by atoms with Crippen LogP contribution in [0.2, 0.25) is 0 Å². The van der Waals surface area contributed by atoms with Crippen LogP contribution in [0.25, 0.3) is 61.6 Å². The van der Waals surface area contributed by atoms with Crippen LogP contribution in [0.1, 0.15) is 17.7 Å². The highest BCUT2D eigenvalue weighted by molar-refractivity contribution is 6.05. The second-order valence-corrected chi connectivity index (χ2v) is 12.8. The summed E-state index contributed by atoms with van der Waals surface area (Å²) >= 11 is 0. The third-order valence-corrected chi connectivity index (χ3v) is 9.76. The standard InChI is InChI=1S/C48H35NO/c1-4-12-34(13-5-1)36-20-22-37(23-21-36)39-26-30-42(31-27-39)49(41-28-24-38(25-29-41)35-14-6-2-7-15-35)45-33-32-44-43-18-10-11-19-46(43)50-48(44)47(45)40-16-8-3-9-17-40/h1-10,12-18,20-33H,11,19H2. The largest absolute Gasteiger partial charge is 0.460 e. The molecule has 0 saturated carbocycles. The van der Waals surface area contributed by atoms with E-state index in [1.54, 1.807) is 0 Å². The van der Waals surface area contributed by atoms with Crippen molar-refractivity contribution in [2.45, 2.75) is 12.8 Å². The van der Waals surface area contributed by atoms with E-state index in [4.69, 9.17) is 4.42 Å². The van der Waals surface area contributed by atoms with Gasteiger partial charge in [-0.1, -0.05) is 152 Å². The fraction of sp³-hybridized carbons (Fsp3) is 0.0417. The lowest BCUT2D eigenvalue weighted by atomic mass is 9.96. The number of allylic oxidation sites excluding steroid dienone is 1. The molecule has 0 aliphatic heterocycles. The van der Waals surface area contributed by atoms with Gasteiger partial charge >= 0.3 is 0 Å². The number of anilines is 3. The van der Waals surface area contributed by atoms with Crippen molar-refractivity contribution in [1.29, 1.82) is 0 Å². The molecule has 1 aliphatic rings. The van der Waals surface area contributed by atoms with Crippen LogP contribution in [0.4, 0.5) is 17.1 Å². The van der Waals surface area contributed by atoms with Gasteiger partial charge < -0.3 is 9.32 Å². The van der Waals surface area contributed by atoms with E-state index in [2.05, 4.69) is 193 Å². The second-order valence-electron chi connectivity index (χ2n) is 12.8. The lowest BCUT2D eigenvalue weighted by Gasteiger charge is -2.28. The molecular weight excluding hydrogens is 607 g/mol. The summed E-state index contributed by atoms with van der Waals surface area (Å²) in [7, 11) is 0. The van der Waals surface area contributed by atoms with Crippen molar-refractivity contribution in [2.75, 3.05) is 4.90 Å². The van der Waals surface area contributed by atoms with Crippen molar-refractivity contribution in [3.63, 3.8) is 0 Å². The van der Waals surface area contributed by atoms with E-state index in [9.17, 15) is 0 Å². The number of rotatable bonds is 7. The minimum Gasteiger partial charge on any atom is -0.460 e. The van der Waals surface area contributed by atoms with E-state index in [-0.39, 0.29) is 0 Å². The summed E-state index contributed by atoms with van der Waals surface area (Å²) in [5, 5.41) is 1.16. The Morgan fingerprint density at radius 2 is 0.860 bits per heavy atom. The van der Waals surface area contributed by atoms with Crippen molar-refractivity contribution in [2.24, 2.45) is 0 Å². The third kappa shape index (κ3) is 5.51. The molecule has 0 N–H and O–H groups in total. The maximum Gasteiger partial charge on any atom is 0.144 e. The summed E-state index contributed by atoms with van der Waals surface area (Å²) in [4.78, 5) is 2.37. The van der Waals surface area contributed by atoms with Gasteiger partial charge in [-0.3, -0.25) is 0 Å². The molecule has 0 saturated heterocycles. The monoisotopic (exact) mass is 641 g/mol. The first-order valence-corrected chi connectivity index (χ1v) is 17.3. The van der Waals surface area contributed by atoms with Crippen molar-refractivity contribution in [1.82, 2.24) is 0 Å². The van der Waals surface area contributed by atoms with Crippen LogP contribution < -0.4 is 4.90 Å². The number of nitrogens with zero attached hydrogens (tertiary/aromatic N) is 1. The van der Waals surface area contributed by atoms with E-state index in [1.165, 1.54) is 38.9 Å². The molecule has 0 radical (unpaired) electrons. The fourth-order valence-electron chi connectivity index (χ4n) is 7.22. The lowest BCUT2D eigenvalue weighted by Crippen LogP contribution is -2.11. The first kappa shape index (κ1) is 29.7. The predicted molar refractivity (Wildman–Crippen MR) is 210 cm³/mol. The van der Waals surface area contributed by atoms with Crippen LogP contribution >= 0.6 is 0 Å². The molecular formula is C48H35NO. The lowest BCUT2D eigenvalue weighted by molar-refractivity contribution is 0.547. The van der Waals surface area contributed by atoms with E-state index in [0.29, 0.717) is 0 Å². The van der Waals surface area contributed by atoms with Crippen molar-refractivity contribution in [3.8, 4) is 44.5 Å². The Kier molecular flexibility index (Phi) is 7.68. The molecule has 2 nitrogen and oxygen atoms in total. The number of aryl methyl sites for hydroxylation is 1. The minimum absolute atomic E-state index is 0.919. The third-order valence-electron chi connectivity index (χ3n) is 9.76. The topological polar surface area (TPSA) is 16.4 Å². The van der Waals surface area contributed by atoms with Gasteiger partial charge in [0.1, 0.15) is 11.3 Å². The molecule has 1 heterocycles. The van der Waals surface area contributed by atoms with Gasteiger partial charge in [0.25, 0.3) is 0 Å². The molecule has 9 rings (SSSR count). The highest BCUT2D eigenvalue weighted by Gasteiger charge is 2.24. The SMILES string of the molecule is C1=Cc2c(oc3c(-c4ccccc4)c(N(c4ccc(-c5ccccc5)cc4)c4ccc(-c5ccc(-c6ccccc6)cc5)cc4)ccc23)CC1. The van der Waals surface area contributed by atoms with E-state index in [1.807, 2.05) is 0 Å². The molecule has 2 heteroatoms. The van der Waals surface area contributed by atoms with Gasteiger partial charge in [-0.05, 0) is 81.8 Å². The Labute approximate surface area is 293 Å². The summed E-state index contributed by atoms with van der Waals surface area (Å²) in [6, 6.07) is 62.9. The van der Waals surface area contributed by atoms with Crippen LogP contribution in [-0.4, -0.2) is 0 Å². The minimum atomic E-state index is 0.919. The maximum absolute atomic E-state index is 6.76. The zero-order chi connectivity index (χ0) is 33.3. The molecule has 1 aliphatic carbocycles. The molecule has 0 atom stereocenters. The Morgan fingerprint density at radius 1 is 0.420 bits per heavy atom. The van der Waals surface area contributed by atoms with Gasteiger partial charge in [-0.25, -0.2) is 0 Å². The number of hydrogen-bond donors (Lipinski definition) is 0. The molecule has 0 bridgehead atoms. The Morgan fingerprint density at radius 3 is 1.36 bits per heavy atom. The Bertz CT molecular complexity index is 2420. The summed E-state index contributed by atoms with van der Waals surface area (Å²) in [5.74, 6) is 1.07. The molecule has 1 aromatic heterocycles. The zero-order valence-corrected chi connectivity index (χ0v) is 27.7. The first-order chi connectivity index (χ1) is 24.8. The van der Waals surface area contributed by atoms with Gasteiger partial charge in [-0.2, -0.15) is 0 Å². The van der Waals surface area contributed by atoms with Crippen LogP contribution in [0.5, 0.6) is 0 Å². The van der Waals surface area contributed by atoms with E-state index >= 15 is 0 Å². The summed E-state index contributed by atoms with van der Waals surface area (Å²) in [6.45, 7) is 0. The fourth-order valence-corrected chi connectivity index (χ4v) is 7.22. The van der Waals surface area contributed by atoms with Gasteiger partial charge in [0.05, 0.1) is 5.69 Å². The first-order valence-electron chi connectivity index (χ1n) is 17.3.